The van der Waals surface area contributed by atoms with Crippen LogP contribution in [0.4, 0.5) is 5.69 Å². The maximum absolute atomic E-state index is 14.5. The van der Waals surface area contributed by atoms with Crippen LogP contribution in [0.5, 0.6) is 0 Å². The maximum atomic E-state index is 14.5. The minimum absolute atomic E-state index is 0.0346. The van der Waals surface area contributed by atoms with Crippen molar-refractivity contribution in [1.82, 2.24) is 25.3 Å². The smallest absolute Gasteiger partial charge is 0.244 e. The van der Waals surface area contributed by atoms with Crippen LogP contribution in [0.1, 0.15) is 68.7 Å². The molecule has 0 aromatic heterocycles. The van der Waals surface area contributed by atoms with E-state index < -0.39 is 5.41 Å². The molecule has 12 nitrogen and oxygen atoms in total. The lowest BCUT2D eigenvalue weighted by atomic mass is 9.78. The van der Waals surface area contributed by atoms with E-state index in [0.717, 1.165) is 22.3 Å². The zero-order valence-electron chi connectivity index (χ0n) is 32.2. The largest absolute Gasteiger partial charge is 0.343 e. The van der Waals surface area contributed by atoms with Gasteiger partial charge in [-0.15, -0.1) is 6.42 Å². The second-order valence-corrected chi connectivity index (χ2v) is 14.3. The third-order valence-corrected chi connectivity index (χ3v) is 10.4. The van der Waals surface area contributed by atoms with Gasteiger partial charge in [0, 0.05) is 69.4 Å². The van der Waals surface area contributed by atoms with Gasteiger partial charge in [-0.05, 0) is 85.7 Å². The Bertz CT molecular complexity index is 1750. The molecule has 0 saturated carbocycles. The van der Waals surface area contributed by atoms with Gasteiger partial charge in [-0.3, -0.25) is 29.0 Å². The molecular weight excluding hydrogens is 683 g/mol. The number of piperidine rings is 2. The van der Waals surface area contributed by atoms with Gasteiger partial charge < -0.3 is 30.7 Å². The van der Waals surface area contributed by atoms with E-state index in [9.17, 15) is 24.0 Å². The first-order valence-electron chi connectivity index (χ1n) is 18.8. The van der Waals surface area contributed by atoms with Crippen LogP contribution in [-0.2, 0) is 49.9 Å². The summed E-state index contributed by atoms with van der Waals surface area (Å²) in [6, 6.07) is 13.4. The molecule has 54 heavy (non-hydrogen) atoms. The molecule has 0 spiro atoms. The molecule has 0 bridgehead atoms. The molecular formula is C42H55N7O5. The van der Waals surface area contributed by atoms with Crippen molar-refractivity contribution in [3.63, 3.8) is 0 Å². The van der Waals surface area contributed by atoms with Gasteiger partial charge in [0.15, 0.2) is 0 Å². The number of aryl methyl sites for hydroxylation is 1. The van der Waals surface area contributed by atoms with Gasteiger partial charge in [-0.25, -0.2) is 0 Å². The number of nitrogens with one attached hydrogen (secondary N) is 3. The van der Waals surface area contributed by atoms with Gasteiger partial charge in [0.25, 0.3) is 0 Å². The molecule has 288 valence electrons. The number of likely N-dealkylation sites (tertiary alicyclic amines) is 2. The number of carbonyl (C=O) groups is 5. The molecule has 0 aliphatic carbocycles. The summed E-state index contributed by atoms with van der Waals surface area (Å²) < 4.78 is 0. The number of anilines is 1. The van der Waals surface area contributed by atoms with Gasteiger partial charge in [0.05, 0.1) is 6.42 Å². The van der Waals surface area contributed by atoms with E-state index in [0.29, 0.717) is 70.5 Å². The average Bonchev–Trinajstić information content (AvgIpc) is 3.16. The Morgan fingerprint density at radius 1 is 0.963 bits per heavy atom. The number of terminal acetylenes is 1. The predicted molar refractivity (Wildman–Crippen MR) is 211 cm³/mol. The number of hydrogen-bond acceptors (Lipinski definition) is 7. The molecule has 5 amide bonds. The summed E-state index contributed by atoms with van der Waals surface area (Å²) in [6.07, 6.45) is 12.9. The van der Waals surface area contributed by atoms with Gasteiger partial charge in [-0.2, -0.15) is 0 Å². The van der Waals surface area contributed by atoms with Gasteiger partial charge >= 0.3 is 0 Å². The third kappa shape index (κ3) is 11.6. The molecule has 2 saturated heterocycles. The fourth-order valence-corrected chi connectivity index (χ4v) is 7.16. The Kier molecular flexibility index (Phi) is 15.6. The first kappa shape index (κ1) is 41.5. The Morgan fingerprint density at radius 2 is 1.67 bits per heavy atom. The second kappa shape index (κ2) is 20.3. The summed E-state index contributed by atoms with van der Waals surface area (Å²) in [7, 11) is 1.87. The summed E-state index contributed by atoms with van der Waals surface area (Å²) >= 11 is 0. The highest BCUT2D eigenvalue weighted by Gasteiger charge is 2.42. The van der Waals surface area contributed by atoms with Crippen molar-refractivity contribution >= 4 is 41.4 Å². The number of nitrogens with zero attached hydrogens (tertiary/aromatic N) is 4. The summed E-state index contributed by atoms with van der Waals surface area (Å²) in [5.74, 6) is 1.69. The van der Waals surface area contributed by atoms with E-state index in [4.69, 9.17) is 6.42 Å². The number of benzene rings is 2. The molecule has 2 aromatic rings. The van der Waals surface area contributed by atoms with E-state index in [-0.39, 0.29) is 61.6 Å². The molecule has 2 fully saturated rings. The van der Waals surface area contributed by atoms with E-state index in [2.05, 4.69) is 26.9 Å². The standard InChI is InChI=1S/C42H55N7O5/c1-6-8-11-20-44-30-45-38(51)26-36-25-37(15-14-32(36)7-2)46-39(52)29-49(28-35-13-10-9-12-34(35)27-43-5)41(54)42(4)18-23-48(24-19-42)40(53)33-16-21-47(22-17-33)31(3)50/h1,8-15,20,25,33,43H,7,16-19,21-24,26-30H2,2-5H3,(H,45,51)(H,46,52)/b11-8-,44-20?. The zero-order chi connectivity index (χ0) is 39.1. The minimum Gasteiger partial charge on any atom is -0.343 e. The van der Waals surface area contributed by atoms with Crippen LogP contribution in [0.3, 0.4) is 0 Å². The highest BCUT2D eigenvalue weighted by atomic mass is 16.2. The highest BCUT2D eigenvalue weighted by molar-refractivity contribution is 5.96. The Morgan fingerprint density at radius 3 is 2.31 bits per heavy atom. The van der Waals surface area contributed by atoms with Crippen LogP contribution in [0.2, 0.25) is 0 Å². The van der Waals surface area contributed by atoms with E-state index in [1.165, 1.54) is 12.3 Å². The normalized spacial score (nSPS) is 15.9. The minimum atomic E-state index is -0.766. The summed E-state index contributed by atoms with van der Waals surface area (Å²) in [5, 5.41) is 8.93. The summed E-state index contributed by atoms with van der Waals surface area (Å²) in [6.45, 7) is 8.39. The maximum Gasteiger partial charge on any atom is 0.244 e. The Balaban J connectivity index is 1.45. The molecule has 2 aliphatic heterocycles. The monoisotopic (exact) mass is 737 g/mol. The van der Waals surface area contributed by atoms with E-state index in [1.54, 1.807) is 22.8 Å². The fraction of sp³-hybridized carbons (Fsp3) is 0.476. The topological polar surface area (TPSA) is 144 Å². The quantitative estimate of drug-likeness (QED) is 0.188. The SMILES string of the molecule is C#C/C=C\C=NCNC(=O)Cc1cc(NC(=O)CN(Cc2ccccc2CNC)C(=O)C2(C)CCN(C(=O)C3CCN(C(C)=O)CC3)CC2)ccc1CC. The lowest BCUT2D eigenvalue weighted by molar-refractivity contribution is -0.150. The first-order valence-corrected chi connectivity index (χ1v) is 18.8. The number of amides is 5. The van der Waals surface area contributed by atoms with Gasteiger partial charge in [0.2, 0.25) is 29.5 Å². The number of hydrogen-bond donors (Lipinski definition) is 3. The molecule has 3 N–H and O–H groups in total. The third-order valence-electron chi connectivity index (χ3n) is 10.4. The number of allylic oxidation sites excluding steroid dienone is 2. The number of rotatable bonds is 15. The Labute approximate surface area is 319 Å². The van der Waals surface area contributed by atoms with Crippen LogP contribution in [0.15, 0.2) is 59.6 Å². The van der Waals surface area contributed by atoms with Crippen molar-refractivity contribution in [2.24, 2.45) is 16.3 Å². The number of carbonyl (C=O) groups excluding carboxylic acids is 5. The summed E-state index contributed by atoms with van der Waals surface area (Å²) in [4.78, 5) is 75.5. The lowest BCUT2D eigenvalue weighted by Gasteiger charge is -2.42. The molecule has 12 heteroatoms. The highest BCUT2D eigenvalue weighted by Crippen LogP contribution is 2.35. The molecule has 2 aliphatic rings. The van der Waals surface area contributed by atoms with Crippen molar-refractivity contribution in [3.05, 3.63) is 76.9 Å². The van der Waals surface area contributed by atoms with Crippen LogP contribution in [0, 0.1) is 23.7 Å². The molecule has 0 unspecified atom stereocenters. The molecule has 2 heterocycles. The Hall–Kier alpha value is -5.28. The molecule has 0 atom stereocenters. The summed E-state index contributed by atoms with van der Waals surface area (Å²) in [5.41, 5.74) is 3.52. The van der Waals surface area contributed by atoms with E-state index >= 15 is 0 Å². The van der Waals surface area contributed by atoms with Crippen LogP contribution in [0.25, 0.3) is 0 Å². The molecule has 0 radical (unpaired) electrons. The predicted octanol–water partition coefficient (Wildman–Crippen LogP) is 3.70. The van der Waals surface area contributed by atoms with Crippen LogP contribution in [-0.4, -0.2) is 96.9 Å². The number of aliphatic imine (C=N–C) groups is 1. The van der Waals surface area contributed by atoms with Crippen molar-refractivity contribution in [2.75, 3.05) is 51.8 Å². The van der Waals surface area contributed by atoms with Crippen molar-refractivity contribution < 1.29 is 24.0 Å². The average molecular weight is 738 g/mol. The van der Waals surface area contributed by atoms with Crippen molar-refractivity contribution in [3.8, 4) is 12.3 Å². The van der Waals surface area contributed by atoms with E-state index in [1.807, 2.05) is 68.3 Å². The van der Waals surface area contributed by atoms with Gasteiger partial charge in [-0.1, -0.05) is 50.1 Å². The van der Waals surface area contributed by atoms with Crippen molar-refractivity contribution in [1.29, 1.82) is 0 Å². The van der Waals surface area contributed by atoms with Crippen molar-refractivity contribution in [2.45, 2.75) is 72.4 Å². The first-order chi connectivity index (χ1) is 26.0. The molecule has 4 rings (SSSR count). The zero-order valence-corrected chi connectivity index (χ0v) is 32.2. The van der Waals surface area contributed by atoms with Gasteiger partial charge in [0.1, 0.15) is 13.2 Å². The van der Waals surface area contributed by atoms with Crippen LogP contribution < -0.4 is 16.0 Å². The second-order valence-electron chi connectivity index (χ2n) is 14.3. The lowest BCUT2D eigenvalue weighted by Crippen LogP contribution is -2.52. The molecule has 2 aromatic carbocycles. The fourth-order valence-electron chi connectivity index (χ4n) is 7.16. The van der Waals surface area contributed by atoms with Crippen LogP contribution >= 0.6 is 0 Å².